The molecule has 30 heavy (non-hydrogen) atoms. The van der Waals surface area contributed by atoms with E-state index in [4.69, 9.17) is 23.1 Å². The minimum atomic E-state index is -3.84. The maximum atomic E-state index is 12.9. The van der Waals surface area contributed by atoms with Gasteiger partial charge in [0.25, 0.3) is 5.91 Å². The molecular weight excluding hydrogens is 422 g/mol. The molecule has 2 aromatic rings. The van der Waals surface area contributed by atoms with E-state index in [-0.39, 0.29) is 27.0 Å². The fraction of sp³-hybridized carbons (Fsp3) is 0.250. The number of amides is 1. The number of nitrogens with zero attached hydrogens (tertiary/aromatic N) is 3. The monoisotopic (exact) mass is 445 g/mol. The van der Waals surface area contributed by atoms with Crippen molar-refractivity contribution >= 4 is 50.3 Å². The number of likely N-dealkylation sites (N-methyl/N-ethyl adjacent to an activating group) is 1. The average molecular weight is 446 g/mol. The molecule has 10 heteroatoms. The van der Waals surface area contributed by atoms with Crippen molar-refractivity contribution in [3.8, 4) is 0 Å². The summed E-state index contributed by atoms with van der Waals surface area (Å²) in [4.78, 5) is 14.3. The zero-order valence-corrected chi connectivity index (χ0v) is 18.7. The highest BCUT2D eigenvalue weighted by Gasteiger charge is 2.34. The first kappa shape index (κ1) is 21.9. The molecule has 0 bridgehead atoms. The topological polar surface area (TPSA) is 122 Å². The van der Waals surface area contributed by atoms with Crippen LogP contribution in [0.4, 0.5) is 11.4 Å². The molecule has 3 rings (SSSR count). The first-order valence-corrected chi connectivity index (χ1v) is 11.0. The molecule has 0 fully saturated rings. The van der Waals surface area contributed by atoms with Gasteiger partial charge in [0, 0.05) is 12.6 Å². The smallest absolute Gasteiger partial charge is 0.279 e. The first-order chi connectivity index (χ1) is 13.8. The maximum absolute atomic E-state index is 12.9. The van der Waals surface area contributed by atoms with E-state index in [2.05, 4.69) is 25.9 Å². The number of hydrogen-bond acceptors (Lipinski definition) is 5. The van der Waals surface area contributed by atoms with Gasteiger partial charge in [0.1, 0.15) is 0 Å². The van der Waals surface area contributed by atoms with Gasteiger partial charge in [-0.1, -0.05) is 26.8 Å². The van der Waals surface area contributed by atoms with Gasteiger partial charge in [-0.2, -0.15) is 5.10 Å². The SMILES string of the molecule is CN1C(=O)/C(=N\N(C(N)=S)c2ccc(S(N)(=O)=O)cc2)c2cc(C(C)(C)C)ccc21. The number of rotatable bonds is 3. The van der Waals surface area contributed by atoms with Gasteiger partial charge in [0.15, 0.2) is 10.8 Å². The molecule has 0 saturated heterocycles. The lowest BCUT2D eigenvalue weighted by Gasteiger charge is -2.20. The molecule has 1 aliphatic rings. The van der Waals surface area contributed by atoms with Crippen molar-refractivity contribution in [2.24, 2.45) is 16.0 Å². The number of anilines is 2. The Bertz CT molecular complexity index is 1170. The summed E-state index contributed by atoms with van der Waals surface area (Å²) in [5, 5.41) is 10.7. The highest BCUT2D eigenvalue weighted by atomic mass is 32.2. The van der Waals surface area contributed by atoms with Crippen LogP contribution in [0.25, 0.3) is 0 Å². The van der Waals surface area contributed by atoms with E-state index in [0.29, 0.717) is 11.3 Å². The summed E-state index contributed by atoms with van der Waals surface area (Å²) in [5.41, 5.74) is 8.80. The highest BCUT2D eigenvalue weighted by Crippen LogP contribution is 2.33. The van der Waals surface area contributed by atoms with Crippen LogP contribution >= 0.6 is 12.2 Å². The molecule has 0 aromatic heterocycles. The number of primary sulfonamides is 1. The third-order valence-corrected chi connectivity index (χ3v) is 5.91. The maximum Gasteiger partial charge on any atom is 0.279 e. The molecule has 1 amide bonds. The zero-order valence-electron chi connectivity index (χ0n) is 17.1. The van der Waals surface area contributed by atoms with Crippen LogP contribution < -0.4 is 20.8 Å². The minimum Gasteiger partial charge on any atom is -0.374 e. The molecule has 1 aliphatic heterocycles. The van der Waals surface area contributed by atoms with E-state index in [1.54, 1.807) is 7.05 Å². The van der Waals surface area contributed by atoms with E-state index in [1.807, 2.05) is 18.2 Å². The molecule has 0 atom stereocenters. The van der Waals surface area contributed by atoms with Crippen LogP contribution in [0.3, 0.4) is 0 Å². The van der Waals surface area contributed by atoms with Crippen LogP contribution in [0.2, 0.25) is 0 Å². The van der Waals surface area contributed by atoms with Gasteiger partial charge in [-0.25, -0.2) is 18.6 Å². The second kappa shape index (κ2) is 7.46. The molecule has 1 heterocycles. The van der Waals surface area contributed by atoms with Crippen LogP contribution in [0.5, 0.6) is 0 Å². The normalized spacial score (nSPS) is 15.4. The van der Waals surface area contributed by atoms with Gasteiger partial charge >= 0.3 is 0 Å². The number of nitrogens with two attached hydrogens (primary N) is 2. The lowest BCUT2D eigenvalue weighted by atomic mass is 9.85. The molecule has 0 unspecified atom stereocenters. The first-order valence-electron chi connectivity index (χ1n) is 9.04. The summed E-state index contributed by atoms with van der Waals surface area (Å²) < 4.78 is 23.0. The van der Waals surface area contributed by atoms with Crippen LogP contribution in [0, 0.1) is 0 Å². The summed E-state index contributed by atoms with van der Waals surface area (Å²) in [6.45, 7) is 6.25. The predicted molar refractivity (Wildman–Crippen MR) is 122 cm³/mol. The molecule has 8 nitrogen and oxygen atoms in total. The lowest BCUT2D eigenvalue weighted by Crippen LogP contribution is -2.34. The van der Waals surface area contributed by atoms with Crippen molar-refractivity contribution < 1.29 is 13.2 Å². The molecular formula is C20H23N5O3S2. The Morgan fingerprint density at radius 1 is 1.13 bits per heavy atom. The molecule has 0 saturated carbocycles. The number of sulfonamides is 1. The number of thiocarbonyl (C=S) groups is 1. The van der Waals surface area contributed by atoms with Crippen molar-refractivity contribution in [3.63, 3.8) is 0 Å². The lowest BCUT2D eigenvalue weighted by molar-refractivity contribution is -0.111. The average Bonchev–Trinajstić information content (AvgIpc) is 2.88. The van der Waals surface area contributed by atoms with Crippen LogP contribution in [0.15, 0.2) is 52.5 Å². The van der Waals surface area contributed by atoms with Gasteiger partial charge in [0.05, 0.1) is 16.3 Å². The van der Waals surface area contributed by atoms with Crippen molar-refractivity contribution in [1.82, 2.24) is 0 Å². The summed E-state index contributed by atoms with van der Waals surface area (Å²) >= 11 is 5.12. The van der Waals surface area contributed by atoms with E-state index in [1.165, 1.54) is 34.2 Å². The Labute approximate surface area is 181 Å². The molecule has 0 spiro atoms. The van der Waals surface area contributed by atoms with Crippen molar-refractivity contribution in [1.29, 1.82) is 0 Å². The Hall–Kier alpha value is -2.82. The summed E-state index contributed by atoms with van der Waals surface area (Å²) in [7, 11) is -2.17. The third-order valence-electron chi connectivity index (χ3n) is 4.80. The standard InChI is InChI=1S/C20H23N5O3S2/c1-20(2,3)12-5-10-16-15(11-12)17(18(26)24(16)4)23-25(19(21)29)13-6-8-14(9-7-13)30(22,27)28/h5-11H,1-4H3,(H2,21,29)(H2,22,27,28)/b23-17-. The van der Waals surface area contributed by atoms with Crippen LogP contribution in [-0.2, 0) is 20.2 Å². The number of hydrazone groups is 1. The van der Waals surface area contributed by atoms with E-state index in [0.717, 1.165) is 11.3 Å². The number of carbonyl (C=O) groups excluding carboxylic acids is 1. The van der Waals surface area contributed by atoms with Crippen LogP contribution in [0.1, 0.15) is 31.9 Å². The van der Waals surface area contributed by atoms with E-state index in [9.17, 15) is 13.2 Å². The molecule has 4 N–H and O–H groups in total. The van der Waals surface area contributed by atoms with Gasteiger partial charge in [-0.15, -0.1) is 0 Å². The second-order valence-corrected chi connectivity index (χ2v) is 9.96. The fourth-order valence-corrected chi connectivity index (χ4v) is 3.74. The highest BCUT2D eigenvalue weighted by molar-refractivity contribution is 7.89. The second-order valence-electron chi connectivity index (χ2n) is 7.98. The fourth-order valence-electron chi connectivity index (χ4n) is 3.08. The number of hydrogen-bond donors (Lipinski definition) is 2. The van der Waals surface area contributed by atoms with Crippen LogP contribution in [-0.4, -0.2) is 32.2 Å². The Balaban J connectivity index is 2.12. The Morgan fingerprint density at radius 3 is 2.23 bits per heavy atom. The quantitative estimate of drug-likeness (QED) is 0.551. The number of carbonyl (C=O) groups is 1. The van der Waals surface area contributed by atoms with Gasteiger partial charge in [-0.05, 0) is 59.6 Å². The largest absolute Gasteiger partial charge is 0.374 e. The number of fused-ring (bicyclic) bond motifs is 1. The van der Waals surface area contributed by atoms with Gasteiger partial charge in [-0.3, -0.25) is 4.79 Å². The summed E-state index contributed by atoms with van der Waals surface area (Å²) in [5.74, 6) is -0.293. The van der Waals surface area contributed by atoms with E-state index >= 15 is 0 Å². The molecule has 158 valence electrons. The molecule has 0 aliphatic carbocycles. The number of benzene rings is 2. The predicted octanol–water partition coefficient (Wildman–Crippen LogP) is 2.06. The van der Waals surface area contributed by atoms with Crippen molar-refractivity contribution in [2.75, 3.05) is 17.0 Å². The van der Waals surface area contributed by atoms with Gasteiger partial charge < -0.3 is 10.6 Å². The van der Waals surface area contributed by atoms with Crippen molar-refractivity contribution in [2.45, 2.75) is 31.1 Å². The zero-order chi connectivity index (χ0) is 22.4. The Morgan fingerprint density at radius 2 is 1.73 bits per heavy atom. The summed E-state index contributed by atoms with van der Waals surface area (Å²) in [6.07, 6.45) is 0. The minimum absolute atomic E-state index is 0.0568. The third kappa shape index (κ3) is 4.07. The van der Waals surface area contributed by atoms with Gasteiger partial charge in [0.2, 0.25) is 10.0 Å². The molecule has 0 radical (unpaired) electrons. The Kier molecular flexibility index (Phi) is 5.44. The summed E-state index contributed by atoms with van der Waals surface area (Å²) in [6, 6.07) is 11.4. The van der Waals surface area contributed by atoms with Crippen molar-refractivity contribution in [3.05, 3.63) is 53.6 Å². The molecule has 2 aromatic carbocycles. The van der Waals surface area contributed by atoms with E-state index < -0.39 is 10.0 Å².